The summed E-state index contributed by atoms with van der Waals surface area (Å²) in [4.78, 5) is 7.57. The molecule has 0 aliphatic carbocycles. The van der Waals surface area contributed by atoms with Crippen LogP contribution in [-0.2, 0) is 23.0 Å². The minimum Gasteiger partial charge on any atom is -0.347 e. The molecular formula is C14H17N3O2S. The van der Waals surface area contributed by atoms with Gasteiger partial charge in [0.15, 0.2) is 0 Å². The summed E-state index contributed by atoms with van der Waals surface area (Å²) in [6.07, 6.45) is 2.28. The fourth-order valence-corrected chi connectivity index (χ4v) is 3.91. The van der Waals surface area contributed by atoms with Gasteiger partial charge in [0, 0.05) is 13.0 Å². The minimum absolute atomic E-state index is 0.364. The maximum Gasteiger partial charge on any atom is 0.243 e. The zero-order valence-electron chi connectivity index (χ0n) is 11.5. The van der Waals surface area contributed by atoms with Crippen molar-refractivity contribution in [3.8, 4) is 0 Å². The van der Waals surface area contributed by atoms with Gasteiger partial charge in [0.1, 0.15) is 0 Å². The van der Waals surface area contributed by atoms with E-state index < -0.39 is 10.0 Å². The molecule has 0 bridgehead atoms. The van der Waals surface area contributed by atoms with Gasteiger partial charge in [0.2, 0.25) is 10.0 Å². The molecule has 1 N–H and O–H groups in total. The lowest BCUT2D eigenvalue weighted by molar-refractivity contribution is 0.385. The van der Waals surface area contributed by atoms with Crippen LogP contribution in [0.5, 0.6) is 0 Å². The maximum atomic E-state index is 12.7. The Morgan fingerprint density at radius 2 is 2.05 bits per heavy atom. The van der Waals surface area contributed by atoms with Crippen LogP contribution >= 0.6 is 0 Å². The van der Waals surface area contributed by atoms with Crippen molar-refractivity contribution in [1.82, 2.24) is 14.3 Å². The highest BCUT2D eigenvalue weighted by Crippen LogP contribution is 2.24. The van der Waals surface area contributed by atoms with E-state index in [1.807, 2.05) is 19.9 Å². The number of benzene rings is 1. The number of imidazole rings is 1. The number of sulfonamides is 1. The van der Waals surface area contributed by atoms with Crippen LogP contribution in [0, 0.1) is 13.8 Å². The Hall–Kier alpha value is -1.66. The number of hydrogen-bond acceptors (Lipinski definition) is 3. The average molecular weight is 291 g/mol. The lowest BCUT2D eigenvalue weighted by Crippen LogP contribution is -2.36. The van der Waals surface area contributed by atoms with Crippen LogP contribution in [0.4, 0.5) is 0 Å². The number of aromatic nitrogens is 2. The molecule has 0 fully saturated rings. The number of aromatic amines is 1. The fourth-order valence-electron chi connectivity index (χ4n) is 2.42. The molecule has 0 amide bonds. The van der Waals surface area contributed by atoms with E-state index in [1.165, 1.54) is 4.31 Å². The van der Waals surface area contributed by atoms with Gasteiger partial charge in [-0.3, -0.25) is 0 Å². The van der Waals surface area contributed by atoms with Gasteiger partial charge >= 0.3 is 0 Å². The van der Waals surface area contributed by atoms with E-state index in [-0.39, 0.29) is 0 Å². The molecule has 6 heteroatoms. The third kappa shape index (κ3) is 2.14. The fraction of sp³-hybridized carbons (Fsp3) is 0.357. The van der Waals surface area contributed by atoms with E-state index in [1.54, 1.807) is 18.5 Å². The number of aryl methyl sites for hydroxylation is 2. The monoisotopic (exact) mass is 291 g/mol. The maximum absolute atomic E-state index is 12.7. The van der Waals surface area contributed by atoms with Crippen molar-refractivity contribution in [2.75, 3.05) is 6.54 Å². The van der Waals surface area contributed by atoms with Crippen molar-refractivity contribution in [2.45, 2.75) is 31.7 Å². The first-order chi connectivity index (χ1) is 9.48. The summed E-state index contributed by atoms with van der Waals surface area (Å²) < 4.78 is 26.9. The van der Waals surface area contributed by atoms with Gasteiger partial charge < -0.3 is 4.98 Å². The molecule has 2 aromatic rings. The van der Waals surface area contributed by atoms with Crippen LogP contribution in [0.3, 0.4) is 0 Å². The highest BCUT2D eigenvalue weighted by Gasteiger charge is 2.29. The van der Waals surface area contributed by atoms with Crippen LogP contribution in [-0.4, -0.2) is 29.2 Å². The zero-order chi connectivity index (χ0) is 14.3. The second-order valence-electron chi connectivity index (χ2n) is 5.16. The zero-order valence-corrected chi connectivity index (χ0v) is 12.4. The van der Waals surface area contributed by atoms with E-state index in [0.717, 1.165) is 22.5 Å². The number of fused-ring (bicyclic) bond motifs is 1. The van der Waals surface area contributed by atoms with Gasteiger partial charge in [-0.1, -0.05) is 6.07 Å². The Labute approximate surface area is 118 Å². The molecule has 0 saturated heterocycles. The summed E-state index contributed by atoms with van der Waals surface area (Å²) in [6, 6.07) is 5.28. The Morgan fingerprint density at radius 3 is 2.80 bits per heavy atom. The van der Waals surface area contributed by atoms with Gasteiger partial charge in [-0.2, -0.15) is 4.31 Å². The molecule has 106 valence electrons. The highest BCUT2D eigenvalue weighted by molar-refractivity contribution is 7.89. The third-order valence-electron chi connectivity index (χ3n) is 3.86. The van der Waals surface area contributed by atoms with Gasteiger partial charge in [-0.25, -0.2) is 13.4 Å². The normalized spacial score (nSPS) is 16.1. The first-order valence-corrected chi connectivity index (χ1v) is 8.01. The second kappa shape index (κ2) is 4.71. The van der Waals surface area contributed by atoms with Crippen molar-refractivity contribution in [2.24, 2.45) is 0 Å². The van der Waals surface area contributed by atoms with E-state index in [2.05, 4.69) is 9.97 Å². The number of rotatable bonds is 2. The summed E-state index contributed by atoms with van der Waals surface area (Å²) in [6.45, 7) is 4.75. The summed E-state index contributed by atoms with van der Waals surface area (Å²) in [5.74, 6) is 0. The van der Waals surface area contributed by atoms with Crippen LogP contribution in [0.25, 0.3) is 0 Å². The molecule has 1 aliphatic rings. The van der Waals surface area contributed by atoms with Gasteiger partial charge in [-0.05, 0) is 37.1 Å². The highest BCUT2D eigenvalue weighted by atomic mass is 32.2. The smallest absolute Gasteiger partial charge is 0.243 e. The second-order valence-corrected chi connectivity index (χ2v) is 7.10. The Kier molecular flexibility index (Phi) is 3.14. The Bertz CT molecular complexity index is 750. The van der Waals surface area contributed by atoms with Crippen LogP contribution in [0.15, 0.2) is 29.4 Å². The molecule has 0 atom stereocenters. The molecule has 3 rings (SSSR count). The van der Waals surface area contributed by atoms with Crippen LogP contribution in [0.2, 0.25) is 0 Å². The van der Waals surface area contributed by atoms with Gasteiger partial charge in [0.25, 0.3) is 0 Å². The van der Waals surface area contributed by atoms with E-state index >= 15 is 0 Å². The van der Waals surface area contributed by atoms with Gasteiger partial charge in [-0.15, -0.1) is 0 Å². The van der Waals surface area contributed by atoms with E-state index in [0.29, 0.717) is 24.4 Å². The molecule has 20 heavy (non-hydrogen) atoms. The molecule has 1 aromatic heterocycles. The van der Waals surface area contributed by atoms with Crippen molar-refractivity contribution in [3.63, 3.8) is 0 Å². The van der Waals surface area contributed by atoms with E-state index in [9.17, 15) is 8.42 Å². The van der Waals surface area contributed by atoms with Crippen LogP contribution < -0.4 is 0 Å². The molecular weight excluding hydrogens is 274 g/mol. The quantitative estimate of drug-likeness (QED) is 0.917. The molecule has 0 spiro atoms. The lowest BCUT2D eigenvalue weighted by atomic mass is 10.1. The van der Waals surface area contributed by atoms with E-state index in [4.69, 9.17) is 0 Å². The minimum atomic E-state index is -3.44. The Balaban J connectivity index is 1.95. The first-order valence-electron chi connectivity index (χ1n) is 6.57. The van der Waals surface area contributed by atoms with Crippen molar-refractivity contribution in [3.05, 3.63) is 47.0 Å². The molecule has 0 unspecified atom stereocenters. The summed E-state index contributed by atoms with van der Waals surface area (Å²) in [7, 11) is -3.44. The number of hydrogen-bond donors (Lipinski definition) is 1. The molecule has 0 radical (unpaired) electrons. The number of nitrogens with zero attached hydrogens (tertiary/aromatic N) is 2. The summed E-state index contributed by atoms with van der Waals surface area (Å²) >= 11 is 0. The summed E-state index contributed by atoms with van der Waals surface area (Å²) in [5.41, 5.74) is 3.95. The predicted molar refractivity (Wildman–Crippen MR) is 75.8 cm³/mol. The summed E-state index contributed by atoms with van der Waals surface area (Å²) in [5, 5.41) is 0. The molecule has 2 heterocycles. The first kappa shape index (κ1) is 13.3. The van der Waals surface area contributed by atoms with Crippen LogP contribution in [0.1, 0.15) is 22.5 Å². The van der Waals surface area contributed by atoms with Crippen molar-refractivity contribution < 1.29 is 8.42 Å². The topological polar surface area (TPSA) is 66.1 Å². The Morgan fingerprint density at radius 1 is 1.25 bits per heavy atom. The number of H-pyrrole nitrogens is 1. The molecule has 0 saturated carbocycles. The molecule has 1 aliphatic heterocycles. The lowest BCUT2D eigenvalue weighted by Gasteiger charge is -2.25. The third-order valence-corrected chi connectivity index (χ3v) is 5.70. The number of nitrogens with one attached hydrogen (secondary N) is 1. The largest absolute Gasteiger partial charge is 0.347 e. The van der Waals surface area contributed by atoms with Crippen molar-refractivity contribution >= 4 is 10.0 Å². The standard InChI is InChI=1S/C14H17N3O2S/c1-10-3-4-12(7-11(10)2)20(18,19)17-6-5-13-14(8-17)16-9-15-13/h3-4,7,9H,5-6,8H2,1-2H3,(H,15,16). The predicted octanol–water partition coefficient (Wildman–Crippen LogP) is 1.77. The van der Waals surface area contributed by atoms with Gasteiger partial charge in [0.05, 0.1) is 29.2 Å². The SMILES string of the molecule is Cc1ccc(S(=O)(=O)N2CCc3nc[nH]c3C2)cc1C. The molecule has 1 aromatic carbocycles. The average Bonchev–Trinajstić information content (AvgIpc) is 2.89. The van der Waals surface area contributed by atoms with Crippen molar-refractivity contribution in [1.29, 1.82) is 0 Å². The molecule has 5 nitrogen and oxygen atoms in total.